The van der Waals surface area contributed by atoms with Crippen LogP contribution >= 0.6 is 0 Å². The van der Waals surface area contributed by atoms with Crippen LogP contribution < -0.4 is 5.32 Å². The van der Waals surface area contributed by atoms with E-state index in [1.165, 1.54) is 30.2 Å². The SMILES string of the molecule is C[C@@H](OC(=O)[C@H]1CC(=O)N(Cc2ccco2)C1)C(=O)NCc1ccc(F)cc1. The Morgan fingerprint density at radius 1 is 1.32 bits per heavy atom. The van der Waals surface area contributed by atoms with Crippen LogP contribution in [0.2, 0.25) is 0 Å². The molecule has 1 aliphatic heterocycles. The number of carbonyl (C=O) groups is 3. The van der Waals surface area contributed by atoms with Crippen LogP contribution in [0.4, 0.5) is 4.39 Å². The molecule has 0 bridgehead atoms. The first-order valence-electron chi connectivity index (χ1n) is 8.95. The molecule has 2 atom stereocenters. The quantitative estimate of drug-likeness (QED) is 0.733. The van der Waals surface area contributed by atoms with Gasteiger partial charge in [0.25, 0.3) is 5.91 Å². The van der Waals surface area contributed by atoms with Crippen molar-refractivity contribution in [2.24, 2.45) is 5.92 Å². The Labute approximate surface area is 161 Å². The molecule has 1 aromatic heterocycles. The summed E-state index contributed by atoms with van der Waals surface area (Å²) >= 11 is 0. The number of nitrogens with one attached hydrogen (secondary N) is 1. The second-order valence-corrected chi connectivity index (χ2v) is 6.68. The van der Waals surface area contributed by atoms with E-state index in [1.807, 2.05) is 0 Å². The van der Waals surface area contributed by atoms with E-state index < -0.39 is 23.9 Å². The van der Waals surface area contributed by atoms with Crippen molar-refractivity contribution in [1.82, 2.24) is 10.2 Å². The smallest absolute Gasteiger partial charge is 0.312 e. The molecule has 28 heavy (non-hydrogen) atoms. The molecule has 8 heteroatoms. The summed E-state index contributed by atoms with van der Waals surface area (Å²) in [5.41, 5.74) is 0.725. The number of benzene rings is 1. The maximum absolute atomic E-state index is 12.9. The highest BCUT2D eigenvalue weighted by molar-refractivity contribution is 5.88. The van der Waals surface area contributed by atoms with Crippen LogP contribution in [0.15, 0.2) is 47.1 Å². The highest BCUT2D eigenvalue weighted by Gasteiger charge is 2.36. The fourth-order valence-electron chi connectivity index (χ4n) is 2.93. The number of ether oxygens (including phenoxy) is 1. The molecule has 0 aliphatic carbocycles. The van der Waals surface area contributed by atoms with Crippen molar-refractivity contribution >= 4 is 17.8 Å². The van der Waals surface area contributed by atoms with Crippen molar-refractivity contribution in [2.45, 2.75) is 32.5 Å². The molecule has 1 aliphatic rings. The second kappa shape index (κ2) is 8.69. The number of esters is 1. The Bertz CT molecular complexity index is 835. The summed E-state index contributed by atoms with van der Waals surface area (Å²) in [4.78, 5) is 38.1. The summed E-state index contributed by atoms with van der Waals surface area (Å²) in [6.45, 7) is 2.18. The Morgan fingerprint density at radius 2 is 2.07 bits per heavy atom. The average molecular weight is 388 g/mol. The second-order valence-electron chi connectivity index (χ2n) is 6.68. The minimum atomic E-state index is -0.998. The first-order valence-corrected chi connectivity index (χ1v) is 8.95. The molecular weight excluding hydrogens is 367 g/mol. The number of amides is 2. The number of rotatable bonds is 7. The number of nitrogens with zero attached hydrogens (tertiary/aromatic N) is 1. The van der Waals surface area contributed by atoms with E-state index in [9.17, 15) is 18.8 Å². The predicted molar refractivity (Wildman–Crippen MR) is 96.0 cm³/mol. The molecule has 7 nitrogen and oxygen atoms in total. The number of carbonyl (C=O) groups excluding carboxylic acids is 3. The van der Waals surface area contributed by atoms with E-state index >= 15 is 0 Å². The van der Waals surface area contributed by atoms with Gasteiger partial charge in [-0.1, -0.05) is 12.1 Å². The zero-order valence-electron chi connectivity index (χ0n) is 15.4. The molecular formula is C20H21FN2O5. The van der Waals surface area contributed by atoms with E-state index in [4.69, 9.17) is 9.15 Å². The predicted octanol–water partition coefficient (Wildman–Crippen LogP) is 2.02. The van der Waals surface area contributed by atoms with Gasteiger partial charge in [0, 0.05) is 19.5 Å². The highest BCUT2D eigenvalue weighted by Crippen LogP contribution is 2.22. The topological polar surface area (TPSA) is 88.9 Å². The summed E-state index contributed by atoms with van der Waals surface area (Å²) in [7, 11) is 0. The molecule has 2 aromatic rings. The van der Waals surface area contributed by atoms with Gasteiger partial charge in [0.2, 0.25) is 5.91 Å². The van der Waals surface area contributed by atoms with Crippen LogP contribution in [0.3, 0.4) is 0 Å². The maximum Gasteiger partial charge on any atom is 0.312 e. The standard InChI is InChI=1S/C20H21FN2O5/c1-13(19(25)22-10-14-4-6-16(21)7-5-14)28-20(26)15-9-18(24)23(11-15)12-17-3-2-8-27-17/h2-8,13,15H,9-12H2,1H3,(H,22,25)/t13-,15+/m1/s1. The molecule has 1 fully saturated rings. The zero-order chi connectivity index (χ0) is 20.1. The molecule has 2 heterocycles. The molecule has 148 valence electrons. The summed E-state index contributed by atoms with van der Waals surface area (Å²) < 4.78 is 23.3. The van der Waals surface area contributed by atoms with Gasteiger partial charge >= 0.3 is 5.97 Å². The summed E-state index contributed by atoms with van der Waals surface area (Å²) in [6, 6.07) is 9.21. The van der Waals surface area contributed by atoms with E-state index in [0.717, 1.165) is 5.56 Å². The van der Waals surface area contributed by atoms with Crippen LogP contribution in [0.5, 0.6) is 0 Å². The van der Waals surface area contributed by atoms with Gasteiger partial charge < -0.3 is 19.4 Å². The van der Waals surface area contributed by atoms with Gasteiger partial charge in [0.05, 0.1) is 18.7 Å². The van der Waals surface area contributed by atoms with Gasteiger partial charge in [-0.3, -0.25) is 14.4 Å². The first kappa shape index (κ1) is 19.6. The maximum atomic E-state index is 12.9. The minimum Gasteiger partial charge on any atom is -0.467 e. The molecule has 0 radical (unpaired) electrons. The normalized spacial score (nSPS) is 17.4. The molecule has 0 unspecified atom stereocenters. The number of halogens is 1. The van der Waals surface area contributed by atoms with Crippen molar-refractivity contribution in [1.29, 1.82) is 0 Å². The lowest BCUT2D eigenvalue weighted by molar-refractivity contribution is -0.158. The molecule has 1 N–H and O–H groups in total. The number of hydrogen-bond acceptors (Lipinski definition) is 5. The van der Waals surface area contributed by atoms with Crippen molar-refractivity contribution in [2.75, 3.05) is 6.54 Å². The molecule has 2 amide bonds. The highest BCUT2D eigenvalue weighted by atomic mass is 19.1. The Balaban J connectivity index is 1.46. The third kappa shape index (κ3) is 4.97. The van der Waals surface area contributed by atoms with E-state index in [1.54, 1.807) is 24.3 Å². The van der Waals surface area contributed by atoms with Crippen molar-refractivity contribution in [3.8, 4) is 0 Å². The lowest BCUT2D eigenvalue weighted by atomic mass is 10.1. The third-order valence-corrected chi connectivity index (χ3v) is 4.52. The lowest BCUT2D eigenvalue weighted by Crippen LogP contribution is -2.37. The van der Waals surface area contributed by atoms with Crippen LogP contribution in [0.1, 0.15) is 24.7 Å². The lowest BCUT2D eigenvalue weighted by Gasteiger charge is -2.17. The number of likely N-dealkylation sites (tertiary alicyclic amines) is 1. The van der Waals surface area contributed by atoms with E-state index in [-0.39, 0.29) is 31.2 Å². The number of hydrogen-bond donors (Lipinski definition) is 1. The van der Waals surface area contributed by atoms with Crippen molar-refractivity contribution < 1.29 is 27.9 Å². The molecule has 1 aromatic carbocycles. The van der Waals surface area contributed by atoms with Gasteiger partial charge in [0.1, 0.15) is 11.6 Å². The fraction of sp³-hybridized carbons (Fsp3) is 0.350. The van der Waals surface area contributed by atoms with Crippen molar-refractivity contribution in [3.63, 3.8) is 0 Å². The Hall–Kier alpha value is -3.16. The fourth-order valence-corrected chi connectivity index (χ4v) is 2.93. The van der Waals surface area contributed by atoms with Crippen molar-refractivity contribution in [3.05, 3.63) is 59.8 Å². The van der Waals surface area contributed by atoms with Gasteiger partial charge in [-0.05, 0) is 36.8 Å². The van der Waals surface area contributed by atoms with E-state index in [2.05, 4.69) is 5.32 Å². The van der Waals surface area contributed by atoms with E-state index in [0.29, 0.717) is 12.3 Å². The Kier molecular flexibility index (Phi) is 6.08. The summed E-state index contributed by atoms with van der Waals surface area (Å²) in [6.07, 6.45) is 0.569. The van der Waals surface area contributed by atoms with Crippen LogP contribution in [-0.2, 0) is 32.2 Å². The van der Waals surface area contributed by atoms with Gasteiger partial charge in [-0.15, -0.1) is 0 Å². The summed E-state index contributed by atoms with van der Waals surface area (Å²) in [5, 5.41) is 2.63. The minimum absolute atomic E-state index is 0.0451. The molecule has 1 saturated heterocycles. The monoisotopic (exact) mass is 388 g/mol. The average Bonchev–Trinajstić information content (AvgIpc) is 3.31. The number of furan rings is 1. The van der Waals surface area contributed by atoms with Gasteiger partial charge in [-0.25, -0.2) is 4.39 Å². The van der Waals surface area contributed by atoms with Gasteiger partial charge in [-0.2, -0.15) is 0 Å². The first-order chi connectivity index (χ1) is 13.4. The largest absolute Gasteiger partial charge is 0.467 e. The van der Waals surface area contributed by atoms with Crippen LogP contribution in [-0.4, -0.2) is 35.3 Å². The van der Waals surface area contributed by atoms with Crippen LogP contribution in [0.25, 0.3) is 0 Å². The van der Waals surface area contributed by atoms with Crippen LogP contribution in [0, 0.1) is 11.7 Å². The molecule has 0 spiro atoms. The van der Waals surface area contributed by atoms with Gasteiger partial charge in [0.15, 0.2) is 6.10 Å². The third-order valence-electron chi connectivity index (χ3n) is 4.52. The molecule has 3 rings (SSSR count). The zero-order valence-corrected chi connectivity index (χ0v) is 15.4. The molecule has 0 saturated carbocycles. The Morgan fingerprint density at radius 3 is 2.75 bits per heavy atom. The summed E-state index contributed by atoms with van der Waals surface area (Å²) in [5.74, 6) is -1.55.